The third-order valence-electron chi connectivity index (χ3n) is 4.59. The third-order valence-corrected chi connectivity index (χ3v) is 4.59. The van der Waals surface area contributed by atoms with Crippen molar-refractivity contribution in [3.8, 4) is 0 Å². The molecule has 1 saturated heterocycles. The highest BCUT2D eigenvalue weighted by molar-refractivity contribution is 14.0. The van der Waals surface area contributed by atoms with Crippen LogP contribution in [0.2, 0.25) is 0 Å². The quantitative estimate of drug-likeness (QED) is 0.413. The average Bonchev–Trinajstić information content (AvgIpc) is 2.55. The van der Waals surface area contributed by atoms with E-state index in [-0.39, 0.29) is 29.8 Å². The largest absolute Gasteiger partial charge is 0.356 e. The summed E-state index contributed by atoms with van der Waals surface area (Å²) in [4.78, 5) is 6.65. The van der Waals surface area contributed by atoms with E-state index in [1.165, 1.54) is 38.4 Å². The van der Waals surface area contributed by atoms with Crippen LogP contribution >= 0.6 is 24.0 Å². The number of aryl methyl sites for hydroxylation is 1. The molecule has 0 aliphatic carbocycles. The van der Waals surface area contributed by atoms with Crippen LogP contribution < -0.4 is 10.6 Å². The third kappa shape index (κ3) is 6.93. The summed E-state index contributed by atoms with van der Waals surface area (Å²) in [6.45, 7) is 5.79. The molecule has 0 unspecified atom stereocenters. The summed E-state index contributed by atoms with van der Waals surface area (Å²) in [5.41, 5.74) is 1.73. The number of piperidine rings is 1. The molecule has 136 valence electrons. The van der Waals surface area contributed by atoms with Gasteiger partial charge in [0.1, 0.15) is 5.82 Å². The molecule has 1 fully saturated rings. The molecule has 0 bridgehead atoms. The number of halogens is 2. The van der Waals surface area contributed by atoms with Crippen LogP contribution in [-0.2, 0) is 6.54 Å². The summed E-state index contributed by atoms with van der Waals surface area (Å²) in [6.07, 6.45) is 3.77. The maximum Gasteiger partial charge on any atom is 0.191 e. The second-order valence-corrected chi connectivity index (χ2v) is 6.47. The van der Waals surface area contributed by atoms with Gasteiger partial charge in [-0.15, -0.1) is 24.0 Å². The minimum atomic E-state index is -0.158. The van der Waals surface area contributed by atoms with E-state index in [4.69, 9.17) is 0 Å². The molecule has 1 aromatic rings. The number of guanidine groups is 1. The molecular formula is C18H30FIN4. The Morgan fingerprint density at radius 3 is 2.62 bits per heavy atom. The van der Waals surface area contributed by atoms with E-state index in [0.29, 0.717) is 12.1 Å². The van der Waals surface area contributed by atoms with E-state index in [9.17, 15) is 4.39 Å². The maximum atomic E-state index is 13.3. The molecule has 0 aromatic heterocycles. The van der Waals surface area contributed by atoms with Crippen molar-refractivity contribution in [1.82, 2.24) is 15.5 Å². The lowest BCUT2D eigenvalue weighted by atomic mass is 9.94. The van der Waals surface area contributed by atoms with E-state index in [0.717, 1.165) is 24.0 Å². The Hall–Kier alpha value is -0.890. The number of likely N-dealkylation sites (tertiary alicyclic amines) is 1. The number of aliphatic imine (C=N–C) groups is 1. The highest BCUT2D eigenvalue weighted by Gasteiger charge is 2.16. The van der Waals surface area contributed by atoms with Gasteiger partial charge in [0, 0.05) is 20.1 Å². The summed E-state index contributed by atoms with van der Waals surface area (Å²) < 4.78 is 13.3. The predicted octanol–water partition coefficient (Wildman–Crippen LogP) is 3.15. The first kappa shape index (κ1) is 21.2. The fourth-order valence-electron chi connectivity index (χ4n) is 2.97. The smallest absolute Gasteiger partial charge is 0.191 e. The number of hydrogen-bond acceptors (Lipinski definition) is 2. The topological polar surface area (TPSA) is 39.7 Å². The van der Waals surface area contributed by atoms with Gasteiger partial charge in [-0.25, -0.2) is 4.39 Å². The second-order valence-electron chi connectivity index (χ2n) is 6.47. The number of nitrogens with zero attached hydrogens (tertiary/aromatic N) is 2. The van der Waals surface area contributed by atoms with Gasteiger partial charge >= 0.3 is 0 Å². The van der Waals surface area contributed by atoms with Crippen molar-refractivity contribution in [2.45, 2.75) is 32.7 Å². The van der Waals surface area contributed by atoms with Gasteiger partial charge in [0.25, 0.3) is 0 Å². The number of nitrogens with one attached hydrogen (secondary N) is 2. The Morgan fingerprint density at radius 2 is 2.00 bits per heavy atom. The Bertz CT molecular complexity index is 528. The first-order valence-corrected chi connectivity index (χ1v) is 8.46. The number of benzene rings is 1. The summed E-state index contributed by atoms with van der Waals surface area (Å²) in [5, 5.41) is 6.66. The van der Waals surface area contributed by atoms with Gasteiger partial charge in [0.2, 0.25) is 0 Å². The lowest BCUT2D eigenvalue weighted by molar-refractivity contribution is 0.213. The van der Waals surface area contributed by atoms with Crippen molar-refractivity contribution in [2.75, 3.05) is 33.7 Å². The molecule has 6 heteroatoms. The average molecular weight is 448 g/mol. The van der Waals surface area contributed by atoms with Crippen LogP contribution in [0.15, 0.2) is 23.2 Å². The zero-order valence-electron chi connectivity index (χ0n) is 14.9. The van der Waals surface area contributed by atoms with Crippen LogP contribution in [0.4, 0.5) is 4.39 Å². The minimum absolute atomic E-state index is 0. The van der Waals surface area contributed by atoms with Crippen molar-refractivity contribution in [3.05, 3.63) is 35.1 Å². The van der Waals surface area contributed by atoms with Crippen LogP contribution in [0.25, 0.3) is 0 Å². The van der Waals surface area contributed by atoms with Crippen LogP contribution in [0.5, 0.6) is 0 Å². The van der Waals surface area contributed by atoms with E-state index >= 15 is 0 Å². The lowest BCUT2D eigenvalue weighted by Crippen LogP contribution is -2.38. The zero-order valence-corrected chi connectivity index (χ0v) is 17.3. The minimum Gasteiger partial charge on any atom is -0.356 e. The van der Waals surface area contributed by atoms with Crippen molar-refractivity contribution >= 4 is 29.9 Å². The number of hydrogen-bond donors (Lipinski definition) is 2. The van der Waals surface area contributed by atoms with Crippen LogP contribution in [0, 0.1) is 18.7 Å². The van der Waals surface area contributed by atoms with Gasteiger partial charge in [-0.2, -0.15) is 0 Å². The Morgan fingerprint density at radius 1 is 1.29 bits per heavy atom. The normalized spacial score (nSPS) is 16.6. The molecule has 1 aliphatic rings. The fourth-order valence-corrected chi connectivity index (χ4v) is 2.97. The van der Waals surface area contributed by atoms with Crippen molar-refractivity contribution in [3.63, 3.8) is 0 Å². The molecule has 0 saturated carbocycles. The Kier molecular flexibility index (Phi) is 9.58. The fraction of sp³-hybridized carbons (Fsp3) is 0.611. The van der Waals surface area contributed by atoms with Crippen molar-refractivity contribution in [2.24, 2.45) is 10.9 Å². The standard InChI is InChI=1S/C18H29FN4.HI/c1-14-12-16(4-5-17(14)19)13-22-18(20-2)21-9-6-15-7-10-23(3)11-8-15;/h4-5,12,15H,6-11,13H2,1-3H3,(H2,20,21,22);1H. The van der Waals surface area contributed by atoms with Crippen molar-refractivity contribution in [1.29, 1.82) is 0 Å². The van der Waals surface area contributed by atoms with E-state index in [2.05, 4.69) is 27.6 Å². The summed E-state index contributed by atoms with van der Waals surface area (Å²) in [6, 6.07) is 5.19. The van der Waals surface area contributed by atoms with Gasteiger partial charge in [0.15, 0.2) is 5.96 Å². The number of rotatable bonds is 5. The summed E-state index contributed by atoms with van der Waals surface area (Å²) >= 11 is 0. The molecule has 1 aromatic carbocycles. The zero-order chi connectivity index (χ0) is 16.7. The predicted molar refractivity (Wildman–Crippen MR) is 110 cm³/mol. The van der Waals surface area contributed by atoms with Gasteiger partial charge in [-0.3, -0.25) is 4.99 Å². The molecule has 2 N–H and O–H groups in total. The van der Waals surface area contributed by atoms with Gasteiger partial charge < -0.3 is 15.5 Å². The summed E-state index contributed by atoms with van der Waals surface area (Å²) in [7, 11) is 3.97. The maximum absolute atomic E-state index is 13.3. The SMILES string of the molecule is CN=C(NCCC1CCN(C)CC1)NCc1ccc(F)c(C)c1.I. The molecule has 1 heterocycles. The highest BCUT2D eigenvalue weighted by atomic mass is 127. The van der Waals surface area contributed by atoms with Gasteiger partial charge in [-0.05, 0) is 69.4 Å². The lowest BCUT2D eigenvalue weighted by Gasteiger charge is -2.29. The first-order chi connectivity index (χ1) is 11.1. The first-order valence-electron chi connectivity index (χ1n) is 8.46. The molecule has 0 radical (unpaired) electrons. The molecule has 0 amide bonds. The second kappa shape index (κ2) is 10.9. The van der Waals surface area contributed by atoms with Crippen molar-refractivity contribution < 1.29 is 4.39 Å². The Balaban J connectivity index is 0.00000288. The van der Waals surface area contributed by atoms with E-state index < -0.39 is 0 Å². The molecule has 2 rings (SSSR count). The molecular weight excluding hydrogens is 418 g/mol. The van der Waals surface area contributed by atoms with Gasteiger partial charge in [-0.1, -0.05) is 12.1 Å². The van der Waals surface area contributed by atoms with Crippen LogP contribution in [0.3, 0.4) is 0 Å². The highest BCUT2D eigenvalue weighted by Crippen LogP contribution is 2.18. The molecule has 4 nitrogen and oxygen atoms in total. The van der Waals surface area contributed by atoms with E-state index in [1.54, 1.807) is 20.0 Å². The van der Waals surface area contributed by atoms with Gasteiger partial charge in [0.05, 0.1) is 0 Å². The molecule has 1 aliphatic heterocycles. The monoisotopic (exact) mass is 448 g/mol. The summed E-state index contributed by atoms with van der Waals surface area (Å²) in [5.74, 6) is 1.46. The Labute approximate surface area is 162 Å². The van der Waals surface area contributed by atoms with Crippen LogP contribution in [-0.4, -0.2) is 44.6 Å². The van der Waals surface area contributed by atoms with E-state index in [1.807, 2.05) is 6.07 Å². The molecule has 24 heavy (non-hydrogen) atoms. The molecule has 0 spiro atoms. The molecule has 0 atom stereocenters. The van der Waals surface area contributed by atoms with Crippen LogP contribution in [0.1, 0.15) is 30.4 Å².